The Bertz CT molecular complexity index is 1150. The Hall–Kier alpha value is -2.66. The molecule has 182 valence electrons. The zero-order valence-corrected chi connectivity index (χ0v) is 22.2. The van der Waals surface area contributed by atoms with E-state index in [1.807, 2.05) is 71.8 Å². The van der Waals surface area contributed by atoms with Crippen LogP contribution in [0.4, 0.5) is 11.9 Å². The van der Waals surface area contributed by atoms with E-state index in [0.717, 1.165) is 44.1 Å². The summed E-state index contributed by atoms with van der Waals surface area (Å²) in [4.78, 5) is 6.59. The lowest BCUT2D eigenvalue weighted by atomic mass is 10.1. The first-order valence-electron chi connectivity index (χ1n) is 9.81. The molecular weight excluding hydrogens is 515 g/mol. The van der Waals surface area contributed by atoms with Gasteiger partial charge in [0.1, 0.15) is 11.5 Å². The van der Waals surface area contributed by atoms with Crippen molar-refractivity contribution in [3.8, 4) is 34.0 Å². The van der Waals surface area contributed by atoms with E-state index in [-0.39, 0.29) is 24.8 Å². The van der Waals surface area contributed by atoms with Crippen LogP contribution in [-0.4, -0.2) is 24.2 Å². The van der Waals surface area contributed by atoms with Gasteiger partial charge < -0.3 is 34.3 Å². The van der Waals surface area contributed by atoms with Gasteiger partial charge in [-0.05, 0) is 70.1 Å². The molecule has 2 aromatic heterocycles. The monoisotopic (exact) mass is 540 g/mol. The number of rotatable bonds is 7. The minimum Gasteiger partial charge on any atom is -1.00 e. The maximum absolute atomic E-state index is 6.20. The largest absolute Gasteiger partial charge is 1.00 e. The molecule has 2 heterocycles. The summed E-state index contributed by atoms with van der Waals surface area (Å²) in [6.45, 7) is 0. The van der Waals surface area contributed by atoms with Crippen molar-refractivity contribution in [1.29, 1.82) is 0 Å². The van der Waals surface area contributed by atoms with Crippen molar-refractivity contribution >= 4 is 33.5 Å². The highest BCUT2D eigenvalue weighted by molar-refractivity contribution is 8.76. The maximum atomic E-state index is 6.20. The molecule has 0 aliphatic rings. The predicted octanol–water partition coefficient (Wildman–Crippen LogP) is -2.69. The number of halogens is 2. The van der Waals surface area contributed by atoms with Crippen LogP contribution in [0.2, 0.25) is 0 Å². The van der Waals surface area contributed by atoms with E-state index >= 15 is 0 Å². The molecule has 0 unspecified atom stereocenters. The van der Waals surface area contributed by atoms with Crippen molar-refractivity contribution in [2.24, 2.45) is 14.1 Å². The Morgan fingerprint density at radius 3 is 1.26 bits per heavy atom. The van der Waals surface area contributed by atoms with Crippen LogP contribution >= 0.6 is 21.6 Å². The standard InChI is InChI=1S/C22H24N6O2S2.2ClH/c1-27-19(17(25-21(27)23)13-5-9-15(29-3)10-6-13)31-32-20-18(26-22(24)28(20)2)14-7-11-16(30-4)12-8-14;;/h5-12H,1-4H3,(H4,23,24,25,26);2*1H. The zero-order valence-electron chi connectivity index (χ0n) is 19.1. The third kappa shape index (κ3) is 5.35. The van der Waals surface area contributed by atoms with Gasteiger partial charge in [-0.3, -0.25) is 11.5 Å². The Morgan fingerprint density at radius 1 is 0.647 bits per heavy atom. The summed E-state index contributed by atoms with van der Waals surface area (Å²) in [5.41, 5.74) is 16.3. The summed E-state index contributed by atoms with van der Waals surface area (Å²) in [6.07, 6.45) is 0. The van der Waals surface area contributed by atoms with Crippen LogP contribution in [0.1, 0.15) is 0 Å². The van der Waals surface area contributed by atoms with Crippen LogP contribution in [0.3, 0.4) is 0 Å². The zero-order chi connectivity index (χ0) is 22.8. The lowest BCUT2D eigenvalue weighted by Gasteiger charge is -2.05. The first kappa shape index (κ1) is 27.6. The maximum Gasteiger partial charge on any atom is 0.353 e. The van der Waals surface area contributed by atoms with Gasteiger partial charge in [-0.25, -0.2) is 19.1 Å². The van der Waals surface area contributed by atoms with Gasteiger partial charge in [0.2, 0.25) is 0 Å². The van der Waals surface area contributed by atoms with E-state index in [1.165, 1.54) is 0 Å². The van der Waals surface area contributed by atoms with E-state index in [0.29, 0.717) is 11.9 Å². The number of aromatic nitrogens is 4. The van der Waals surface area contributed by atoms with Crippen LogP contribution in [0.25, 0.3) is 22.5 Å². The SMILES string of the molecule is COc1ccc(-c2[nH]c(N)[n+](C)c2SSc2c(-c3ccc(OC)cc3)[nH]c(N)[n+]2C)cc1.[Cl-].[Cl-]. The number of nitrogens with zero attached hydrogens (tertiary/aromatic N) is 2. The third-order valence-corrected chi connectivity index (χ3v) is 7.78. The number of methoxy groups -OCH3 is 2. The van der Waals surface area contributed by atoms with Crippen LogP contribution in [0, 0.1) is 0 Å². The van der Waals surface area contributed by atoms with Gasteiger partial charge in [0.25, 0.3) is 0 Å². The number of nitrogens with one attached hydrogen (secondary N) is 2. The highest BCUT2D eigenvalue weighted by Crippen LogP contribution is 2.42. The lowest BCUT2D eigenvalue weighted by molar-refractivity contribution is -0.692. The number of H-pyrrole nitrogens is 2. The van der Waals surface area contributed by atoms with Gasteiger partial charge in [0.15, 0.2) is 21.4 Å². The third-order valence-electron chi connectivity index (χ3n) is 5.22. The molecule has 0 spiro atoms. The molecule has 0 saturated heterocycles. The number of nitrogen functional groups attached to an aromatic ring is 2. The number of anilines is 2. The van der Waals surface area contributed by atoms with Gasteiger partial charge in [-0.2, -0.15) is 0 Å². The topological polar surface area (TPSA) is 110 Å². The molecule has 34 heavy (non-hydrogen) atoms. The van der Waals surface area contributed by atoms with Crippen molar-refractivity contribution < 1.29 is 43.4 Å². The number of hydrogen-bond donors (Lipinski definition) is 4. The average molecular weight is 542 g/mol. The predicted molar refractivity (Wildman–Crippen MR) is 128 cm³/mol. The molecule has 0 amide bonds. The number of benzene rings is 2. The number of imidazole rings is 2. The Balaban J connectivity index is 0.00000204. The van der Waals surface area contributed by atoms with Gasteiger partial charge >= 0.3 is 11.9 Å². The quantitative estimate of drug-likeness (QED) is 0.150. The molecule has 0 saturated carbocycles. The molecule has 4 aromatic rings. The van der Waals surface area contributed by atoms with E-state index in [4.69, 9.17) is 20.9 Å². The summed E-state index contributed by atoms with van der Waals surface area (Å²) in [5, 5.41) is 2.00. The Labute approximate surface area is 218 Å². The molecule has 8 nitrogen and oxygen atoms in total. The Kier molecular flexibility index (Phi) is 9.45. The molecule has 4 rings (SSSR count). The number of hydrogen-bond acceptors (Lipinski definition) is 6. The average Bonchev–Trinajstić information content (AvgIpc) is 3.27. The van der Waals surface area contributed by atoms with Crippen LogP contribution < -0.4 is 54.9 Å². The second-order valence-corrected chi connectivity index (χ2v) is 9.23. The van der Waals surface area contributed by atoms with Gasteiger partial charge in [0.05, 0.1) is 28.3 Å². The summed E-state index contributed by atoms with van der Waals surface area (Å²) in [5.74, 6) is 2.76. The van der Waals surface area contributed by atoms with Crippen LogP contribution in [0.5, 0.6) is 11.5 Å². The smallest absolute Gasteiger partial charge is 0.353 e. The van der Waals surface area contributed by atoms with Crippen molar-refractivity contribution in [3.05, 3.63) is 48.5 Å². The first-order valence-corrected chi connectivity index (χ1v) is 12.0. The first-order chi connectivity index (χ1) is 15.4. The van der Waals surface area contributed by atoms with Gasteiger partial charge in [-0.15, -0.1) is 0 Å². The molecular formula is C22H26Cl2N6O2S2. The highest BCUT2D eigenvalue weighted by atomic mass is 35.5. The van der Waals surface area contributed by atoms with E-state index in [9.17, 15) is 0 Å². The molecule has 0 aliphatic heterocycles. The van der Waals surface area contributed by atoms with E-state index in [1.54, 1.807) is 35.8 Å². The highest BCUT2D eigenvalue weighted by Gasteiger charge is 2.26. The normalized spacial score (nSPS) is 10.4. The Morgan fingerprint density at radius 2 is 0.971 bits per heavy atom. The minimum atomic E-state index is 0. The van der Waals surface area contributed by atoms with Gasteiger partial charge in [0, 0.05) is 11.1 Å². The molecule has 0 atom stereocenters. The molecule has 2 aromatic carbocycles. The van der Waals surface area contributed by atoms with Crippen LogP contribution in [-0.2, 0) is 14.1 Å². The van der Waals surface area contributed by atoms with Crippen molar-refractivity contribution in [3.63, 3.8) is 0 Å². The van der Waals surface area contributed by atoms with Crippen molar-refractivity contribution in [2.45, 2.75) is 10.1 Å². The molecule has 12 heteroatoms. The summed E-state index contributed by atoms with van der Waals surface area (Å²) < 4.78 is 14.4. The lowest BCUT2D eigenvalue weighted by Crippen LogP contribution is -3.00. The molecule has 0 aliphatic carbocycles. The van der Waals surface area contributed by atoms with Gasteiger partial charge in [-0.1, -0.05) is 0 Å². The second-order valence-electron chi connectivity index (χ2n) is 7.12. The summed E-state index contributed by atoms with van der Waals surface area (Å²) >= 11 is 0. The molecule has 0 bridgehead atoms. The fourth-order valence-electron chi connectivity index (χ4n) is 3.27. The fraction of sp³-hybridized carbons (Fsp3) is 0.182. The van der Waals surface area contributed by atoms with Crippen molar-refractivity contribution in [2.75, 3.05) is 25.7 Å². The molecule has 6 N–H and O–H groups in total. The number of aromatic amines is 2. The number of nitrogens with two attached hydrogens (primary N) is 2. The van der Waals surface area contributed by atoms with E-state index in [2.05, 4.69) is 9.97 Å². The van der Waals surface area contributed by atoms with Crippen LogP contribution in [0.15, 0.2) is 58.6 Å². The van der Waals surface area contributed by atoms with Crippen molar-refractivity contribution in [1.82, 2.24) is 9.97 Å². The number of ether oxygens (including phenoxy) is 2. The second kappa shape index (κ2) is 11.7. The summed E-state index contributed by atoms with van der Waals surface area (Å²) in [6, 6.07) is 15.8. The minimum absolute atomic E-state index is 0. The van der Waals surface area contributed by atoms with E-state index < -0.39 is 0 Å². The molecule has 0 fully saturated rings. The molecule has 0 radical (unpaired) electrons. The fourth-order valence-corrected chi connectivity index (χ4v) is 5.99. The summed E-state index contributed by atoms with van der Waals surface area (Å²) in [7, 11) is 10.4.